The average Bonchev–Trinajstić information content (AvgIpc) is 3.29. The third-order valence-corrected chi connectivity index (χ3v) is 5.94. The average molecular weight is 385 g/mol. The van der Waals surface area contributed by atoms with Crippen molar-refractivity contribution in [3.8, 4) is 0 Å². The van der Waals surface area contributed by atoms with Gasteiger partial charge in [0.05, 0.1) is 46.8 Å². The molecule has 0 bridgehead atoms. The van der Waals surface area contributed by atoms with Crippen LogP contribution in [0.1, 0.15) is 40.9 Å². The van der Waals surface area contributed by atoms with Crippen LogP contribution < -0.4 is 5.32 Å². The highest BCUT2D eigenvalue weighted by molar-refractivity contribution is 7.18. The minimum atomic E-state index is -0.153. The van der Waals surface area contributed by atoms with Crippen LogP contribution in [-0.2, 0) is 11.3 Å². The summed E-state index contributed by atoms with van der Waals surface area (Å²) >= 11 is 1.67. The molecule has 1 aromatic carbocycles. The molecular formula is C20H23N3O3S. The Hall–Kier alpha value is -2.22. The Balaban J connectivity index is 1.49. The Morgan fingerprint density at radius 1 is 1.30 bits per heavy atom. The van der Waals surface area contributed by atoms with Crippen LogP contribution in [0.3, 0.4) is 0 Å². The molecule has 142 valence electrons. The molecule has 27 heavy (non-hydrogen) atoms. The van der Waals surface area contributed by atoms with Gasteiger partial charge in [-0.1, -0.05) is 13.8 Å². The fourth-order valence-electron chi connectivity index (χ4n) is 3.09. The Morgan fingerprint density at radius 2 is 2.11 bits per heavy atom. The first-order chi connectivity index (χ1) is 13.1. The lowest BCUT2D eigenvalue weighted by atomic mass is 10.2. The van der Waals surface area contributed by atoms with Gasteiger partial charge in [0.2, 0.25) is 0 Å². The highest BCUT2D eigenvalue weighted by Crippen LogP contribution is 2.29. The summed E-state index contributed by atoms with van der Waals surface area (Å²) in [6.07, 6.45) is 1.58. The minimum Gasteiger partial charge on any atom is -0.467 e. The topological polar surface area (TPSA) is 67.6 Å². The molecule has 1 fully saturated rings. The molecule has 1 N–H and O–H groups in total. The van der Waals surface area contributed by atoms with Crippen LogP contribution in [0, 0.1) is 0 Å². The number of rotatable bonds is 5. The fraction of sp³-hybridized carbons (Fsp3) is 0.400. The van der Waals surface area contributed by atoms with Crippen molar-refractivity contribution in [3.63, 3.8) is 0 Å². The summed E-state index contributed by atoms with van der Waals surface area (Å²) < 4.78 is 12.0. The summed E-state index contributed by atoms with van der Waals surface area (Å²) in [6, 6.07) is 7.56. The zero-order valence-electron chi connectivity index (χ0n) is 15.5. The molecule has 3 aromatic rings. The van der Waals surface area contributed by atoms with Gasteiger partial charge in [0, 0.05) is 24.7 Å². The lowest BCUT2D eigenvalue weighted by molar-refractivity contribution is 0.0312. The SMILES string of the molecule is CC(C)c1nc2ccc(NC(=O)c3ccoc3CN3CCOCC3)cc2s1. The van der Waals surface area contributed by atoms with E-state index in [1.165, 1.54) is 0 Å². The maximum atomic E-state index is 12.8. The monoisotopic (exact) mass is 385 g/mol. The number of hydrogen-bond acceptors (Lipinski definition) is 6. The summed E-state index contributed by atoms with van der Waals surface area (Å²) in [7, 11) is 0. The van der Waals surface area contributed by atoms with Gasteiger partial charge in [-0.3, -0.25) is 9.69 Å². The molecule has 0 spiro atoms. The van der Waals surface area contributed by atoms with E-state index in [1.807, 2.05) is 18.2 Å². The third-order valence-electron chi connectivity index (χ3n) is 4.62. The van der Waals surface area contributed by atoms with Gasteiger partial charge in [-0.15, -0.1) is 11.3 Å². The second-order valence-electron chi connectivity index (χ2n) is 6.99. The largest absolute Gasteiger partial charge is 0.467 e. The number of carbonyl (C=O) groups excluding carboxylic acids is 1. The number of aromatic nitrogens is 1. The molecule has 6 nitrogen and oxygen atoms in total. The zero-order valence-corrected chi connectivity index (χ0v) is 16.3. The molecule has 1 saturated heterocycles. The number of thiazole rings is 1. The Bertz CT molecular complexity index is 941. The smallest absolute Gasteiger partial charge is 0.259 e. The molecular weight excluding hydrogens is 362 g/mol. The van der Waals surface area contributed by atoms with E-state index < -0.39 is 0 Å². The Morgan fingerprint density at radius 3 is 2.89 bits per heavy atom. The van der Waals surface area contributed by atoms with Crippen molar-refractivity contribution in [2.45, 2.75) is 26.3 Å². The van der Waals surface area contributed by atoms with Crippen LogP contribution in [0.15, 0.2) is 34.9 Å². The third kappa shape index (κ3) is 4.05. The van der Waals surface area contributed by atoms with E-state index in [4.69, 9.17) is 9.15 Å². The molecule has 0 atom stereocenters. The minimum absolute atomic E-state index is 0.153. The number of furan rings is 1. The van der Waals surface area contributed by atoms with Crippen molar-refractivity contribution < 1.29 is 13.9 Å². The van der Waals surface area contributed by atoms with Crippen LogP contribution in [0.2, 0.25) is 0 Å². The van der Waals surface area contributed by atoms with Crippen molar-refractivity contribution in [2.75, 3.05) is 31.6 Å². The number of benzene rings is 1. The molecule has 1 aliphatic rings. The van der Waals surface area contributed by atoms with E-state index in [9.17, 15) is 4.79 Å². The van der Waals surface area contributed by atoms with Crippen molar-refractivity contribution in [1.29, 1.82) is 0 Å². The Kier molecular flexibility index (Phi) is 5.24. The van der Waals surface area contributed by atoms with Gasteiger partial charge >= 0.3 is 0 Å². The predicted molar refractivity (Wildman–Crippen MR) is 106 cm³/mol. The van der Waals surface area contributed by atoms with Crippen molar-refractivity contribution in [3.05, 3.63) is 46.9 Å². The van der Waals surface area contributed by atoms with Gasteiger partial charge < -0.3 is 14.5 Å². The predicted octanol–water partition coefficient (Wildman–Crippen LogP) is 4.10. The Labute approximate surface area is 162 Å². The maximum Gasteiger partial charge on any atom is 0.259 e. The number of carbonyl (C=O) groups is 1. The lowest BCUT2D eigenvalue weighted by Crippen LogP contribution is -2.36. The molecule has 0 unspecified atom stereocenters. The highest BCUT2D eigenvalue weighted by atomic mass is 32.1. The van der Waals surface area contributed by atoms with Gasteiger partial charge in [-0.2, -0.15) is 0 Å². The molecule has 4 rings (SSSR count). The van der Waals surface area contributed by atoms with Crippen LogP contribution in [0.4, 0.5) is 5.69 Å². The van der Waals surface area contributed by atoms with E-state index in [1.54, 1.807) is 23.7 Å². The summed E-state index contributed by atoms with van der Waals surface area (Å²) in [4.78, 5) is 19.6. The molecule has 0 radical (unpaired) electrons. The van der Waals surface area contributed by atoms with E-state index >= 15 is 0 Å². The fourth-order valence-corrected chi connectivity index (χ4v) is 4.10. The van der Waals surface area contributed by atoms with E-state index in [0.29, 0.717) is 23.8 Å². The van der Waals surface area contributed by atoms with Gasteiger partial charge in [0.15, 0.2) is 0 Å². The normalized spacial score (nSPS) is 15.5. The van der Waals surface area contributed by atoms with Gasteiger partial charge in [0.25, 0.3) is 5.91 Å². The highest BCUT2D eigenvalue weighted by Gasteiger charge is 2.19. The second kappa shape index (κ2) is 7.80. The van der Waals surface area contributed by atoms with Gasteiger partial charge in [-0.05, 0) is 24.3 Å². The number of hydrogen-bond donors (Lipinski definition) is 1. The summed E-state index contributed by atoms with van der Waals surface area (Å²) in [5, 5.41) is 4.10. The number of nitrogens with zero attached hydrogens (tertiary/aromatic N) is 2. The van der Waals surface area contributed by atoms with Gasteiger partial charge in [-0.25, -0.2) is 4.98 Å². The first-order valence-electron chi connectivity index (χ1n) is 9.18. The number of anilines is 1. The standard InChI is InChI=1S/C20H23N3O3S/c1-13(2)20-22-16-4-3-14(11-18(16)27-20)21-19(24)15-5-8-26-17(15)12-23-6-9-25-10-7-23/h3-5,8,11,13H,6-7,9-10,12H2,1-2H3,(H,21,24). The number of nitrogens with one attached hydrogen (secondary N) is 1. The number of amides is 1. The quantitative estimate of drug-likeness (QED) is 0.716. The molecule has 1 aliphatic heterocycles. The number of ether oxygens (including phenoxy) is 1. The molecule has 1 amide bonds. The van der Waals surface area contributed by atoms with Crippen LogP contribution in [0.5, 0.6) is 0 Å². The van der Waals surface area contributed by atoms with Gasteiger partial charge in [0.1, 0.15) is 5.76 Å². The molecule has 2 aromatic heterocycles. The van der Waals surface area contributed by atoms with Crippen LogP contribution in [-0.4, -0.2) is 42.1 Å². The first kappa shape index (κ1) is 18.2. The number of morpholine rings is 1. The zero-order chi connectivity index (χ0) is 18.8. The molecule has 0 aliphatic carbocycles. The first-order valence-corrected chi connectivity index (χ1v) is 10.00. The van der Waals surface area contributed by atoms with Crippen molar-refractivity contribution in [1.82, 2.24) is 9.88 Å². The molecule has 7 heteroatoms. The molecule has 3 heterocycles. The second-order valence-corrected chi connectivity index (χ2v) is 8.05. The summed E-state index contributed by atoms with van der Waals surface area (Å²) in [5.74, 6) is 0.935. The van der Waals surface area contributed by atoms with Crippen molar-refractivity contribution in [2.24, 2.45) is 0 Å². The molecule has 0 saturated carbocycles. The summed E-state index contributed by atoms with van der Waals surface area (Å²) in [5.41, 5.74) is 2.32. The lowest BCUT2D eigenvalue weighted by Gasteiger charge is -2.25. The van der Waals surface area contributed by atoms with Crippen LogP contribution in [0.25, 0.3) is 10.2 Å². The van der Waals surface area contributed by atoms with E-state index in [0.717, 1.165) is 47.2 Å². The van der Waals surface area contributed by atoms with E-state index in [-0.39, 0.29) is 5.91 Å². The van der Waals surface area contributed by atoms with Crippen molar-refractivity contribution >= 4 is 33.1 Å². The van der Waals surface area contributed by atoms with Crippen LogP contribution >= 0.6 is 11.3 Å². The van der Waals surface area contributed by atoms with E-state index in [2.05, 4.69) is 29.0 Å². The maximum absolute atomic E-state index is 12.8. The summed E-state index contributed by atoms with van der Waals surface area (Å²) in [6.45, 7) is 8.02. The number of fused-ring (bicyclic) bond motifs is 1.